The van der Waals surface area contributed by atoms with E-state index < -0.39 is 12.3 Å². The van der Waals surface area contributed by atoms with Crippen LogP contribution in [0.5, 0.6) is 0 Å². The van der Waals surface area contributed by atoms with Crippen LogP contribution in [0.1, 0.15) is 6.30 Å². The van der Waals surface area contributed by atoms with Crippen molar-refractivity contribution in [1.82, 2.24) is 4.57 Å². The highest BCUT2D eigenvalue weighted by Crippen LogP contribution is 2.24. The highest BCUT2D eigenvalue weighted by molar-refractivity contribution is 6.31. The summed E-state index contributed by atoms with van der Waals surface area (Å²) in [5.74, 6) is -1.52. The number of carboxylic acids is 1. The minimum atomic E-state index is -2.08. The number of hydrogen-bond acceptors (Lipinski definition) is 1. The van der Waals surface area contributed by atoms with E-state index in [1.807, 2.05) is 0 Å². The number of benzene rings is 1. The monoisotopic (exact) mass is 227 g/mol. The van der Waals surface area contributed by atoms with Crippen molar-refractivity contribution in [3.8, 4) is 0 Å². The average Bonchev–Trinajstić information content (AvgIpc) is 2.59. The van der Waals surface area contributed by atoms with E-state index in [0.717, 1.165) is 9.95 Å². The molecule has 0 saturated heterocycles. The summed E-state index contributed by atoms with van der Waals surface area (Å²) in [7, 11) is 0. The highest BCUT2D eigenvalue weighted by Gasteiger charge is 2.19. The highest BCUT2D eigenvalue weighted by atomic mass is 35.5. The molecular weight excluding hydrogens is 221 g/mol. The molecule has 0 amide bonds. The van der Waals surface area contributed by atoms with Gasteiger partial charge in [-0.2, -0.15) is 0 Å². The van der Waals surface area contributed by atoms with Crippen LogP contribution in [0, 0.1) is 0 Å². The predicted molar refractivity (Wildman–Crippen MR) is 54.7 cm³/mol. The summed E-state index contributed by atoms with van der Waals surface area (Å²) in [6, 6.07) is 6.55. The fourth-order valence-electron chi connectivity index (χ4n) is 1.44. The Morgan fingerprint density at radius 2 is 2.20 bits per heavy atom. The van der Waals surface area contributed by atoms with E-state index in [9.17, 15) is 9.18 Å². The first-order chi connectivity index (χ1) is 7.09. The largest absolute Gasteiger partial charge is 0.478 e. The summed E-state index contributed by atoms with van der Waals surface area (Å²) in [6.07, 6.45) is -0.694. The van der Waals surface area contributed by atoms with E-state index in [1.165, 1.54) is 12.3 Å². The Morgan fingerprint density at radius 3 is 2.87 bits per heavy atom. The van der Waals surface area contributed by atoms with Crippen molar-refractivity contribution in [1.29, 1.82) is 0 Å². The quantitative estimate of drug-likeness (QED) is 0.857. The van der Waals surface area contributed by atoms with E-state index in [0.29, 0.717) is 10.5 Å². The zero-order valence-electron chi connectivity index (χ0n) is 7.52. The summed E-state index contributed by atoms with van der Waals surface area (Å²) >= 11 is 5.75. The summed E-state index contributed by atoms with van der Waals surface area (Å²) in [5.41, 5.74) is 0.470. The maximum atomic E-state index is 13.3. The molecule has 0 aliphatic heterocycles. The molecule has 3 nitrogen and oxygen atoms in total. The lowest BCUT2D eigenvalue weighted by atomic mass is 10.2. The number of aromatic nitrogens is 1. The number of carboxylic acid groups (broad SMARTS) is 1. The number of alkyl halides is 1. The van der Waals surface area contributed by atoms with Gasteiger partial charge in [-0.1, -0.05) is 17.7 Å². The Balaban J connectivity index is 2.61. The Labute approximate surface area is 89.7 Å². The normalized spacial score (nSPS) is 12.9. The number of hydrogen-bond donors (Lipinski definition) is 1. The van der Waals surface area contributed by atoms with Gasteiger partial charge in [-0.25, -0.2) is 9.18 Å². The standard InChI is InChI=1S/C10H7ClFNO2/c11-7-2-1-6-3-4-13(8(6)5-7)9(12)10(14)15/h1-5,9H,(H,14,15). The molecule has 1 aromatic heterocycles. The van der Waals surface area contributed by atoms with Crippen molar-refractivity contribution in [2.45, 2.75) is 6.30 Å². The molecule has 78 valence electrons. The van der Waals surface area contributed by atoms with Crippen LogP contribution in [0.4, 0.5) is 4.39 Å². The van der Waals surface area contributed by atoms with Gasteiger partial charge in [0.15, 0.2) is 0 Å². The van der Waals surface area contributed by atoms with Crippen molar-refractivity contribution < 1.29 is 14.3 Å². The van der Waals surface area contributed by atoms with Gasteiger partial charge >= 0.3 is 5.97 Å². The van der Waals surface area contributed by atoms with Crippen LogP contribution in [-0.2, 0) is 4.79 Å². The molecule has 1 heterocycles. The number of nitrogens with zero attached hydrogens (tertiary/aromatic N) is 1. The molecule has 0 aliphatic rings. The van der Waals surface area contributed by atoms with Crippen LogP contribution in [0.15, 0.2) is 30.5 Å². The second-order valence-corrected chi connectivity index (χ2v) is 3.54. The van der Waals surface area contributed by atoms with Gasteiger partial charge < -0.3 is 9.67 Å². The first-order valence-corrected chi connectivity index (χ1v) is 4.60. The summed E-state index contributed by atoms with van der Waals surface area (Å²) in [6.45, 7) is 0. The van der Waals surface area contributed by atoms with Crippen LogP contribution >= 0.6 is 11.6 Å². The minimum absolute atomic E-state index is 0.444. The molecule has 2 aromatic rings. The van der Waals surface area contributed by atoms with E-state index >= 15 is 0 Å². The predicted octanol–water partition coefficient (Wildman–Crippen LogP) is 2.85. The molecule has 15 heavy (non-hydrogen) atoms. The number of fused-ring (bicyclic) bond motifs is 1. The molecule has 0 radical (unpaired) electrons. The molecule has 5 heteroatoms. The third-order valence-electron chi connectivity index (χ3n) is 2.13. The zero-order chi connectivity index (χ0) is 11.0. The van der Waals surface area contributed by atoms with Crippen LogP contribution in [0.25, 0.3) is 10.9 Å². The van der Waals surface area contributed by atoms with Gasteiger partial charge in [0.2, 0.25) is 0 Å². The lowest BCUT2D eigenvalue weighted by Gasteiger charge is -2.06. The molecule has 1 N–H and O–H groups in total. The number of carbonyl (C=O) groups is 1. The van der Waals surface area contributed by atoms with Crippen LogP contribution in [-0.4, -0.2) is 15.6 Å². The summed E-state index contributed by atoms with van der Waals surface area (Å²) in [5, 5.41) is 9.75. The maximum absolute atomic E-state index is 13.3. The molecular formula is C10H7ClFNO2. The van der Waals surface area contributed by atoms with E-state index in [4.69, 9.17) is 16.7 Å². The third kappa shape index (κ3) is 1.68. The van der Waals surface area contributed by atoms with Crippen LogP contribution < -0.4 is 0 Å². The van der Waals surface area contributed by atoms with E-state index in [2.05, 4.69) is 0 Å². The van der Waals surface area contributed by atoms with E-state index in [1.54, 1.807) is 18.2 Å². The van der Waals surface area contributed by atoms with Gasteiger partial charge in [0, 0.05) is 11.2 Å². The zero-order valence-corrected chi connectivity index (χ0v) is 8.28. The van der Waals surface area contributed by atoms with Gasteiger partial charge in [-0.3, -0.25) is 0 Å². The smallest absolute Gasteiger partial charge is 0.359 e. The van der Waals surface area contributed by atoms with E-state index in [-0.39, 0.29) is 0 Å². The second kappa shape index (κ2) is 3.55. The molecule has 0 aliphatic carbocycles. The summed E-state index contributed by atoms with van der Waals surface area (Å²) in [4.78, 5) is 10.5. The third-order valence-corrected chi connectivity index (χ3v) is 2.37. The van der Waals surface area contributed by atoms with Gasteiger partial charge in [-0.05, 0) is 23.6 Å². The lowest BCUT2D eigenvalue weighted by Crippen LogP contribution is -2.12. The van der Waals surface area contributed by atoms with Crippen molar-refractivity contribution in [2.24, 2.45) is 0 Å². The molecule has 0 bridgehead atoms. The lowest BCUT2D eigenvalue weighted by molar-refractivity contribution is -0.146. The molecule has 1 aromatic carbocycles. The molecule has 0 fully saturated rings. The average molecular weight is 228 g/mol. The number of aliphatic carboxylic acids is 1. The molecule has 0 spiro atoms. The van der Waals surface area contributed by atoms with Crippen LogP contribution in [0.3, 0.4) is 0 Å². The fourth-order valence-corrected chi connectivity index (χ4v) is 1.61. The SMILES string of the molecule is O=C(O)C(F)n1ccc2ccc(Cl)cc21. The van der Waals surface area contributed by atoms with Crippen molar-refractivity contribution >= 4 is 28.5 Å². The summed E-state index contributed by atoms with van der Waals surface area (Å²) < 4.78 is 14.3. The Bertz CT molecular complexity index is 523. The second-order valence-electron chi connectivity index (χ2n) is 3.10. The van der Waals surface area contributed by atoms with Crippen molar-refractivity contribution in [2.75, 3.05) is 0 Å². The number of rotatable bonds is 2. The molecule has 1 atom stereocenters. The Kier molecular flexibility index (Phi) is 2.36. The Morgan fingerprint density at radius 1 is 1.47 bits per heavy atom. The number of halogens is 2. The molecule has 2 rings (SSSR count). The molecule has 0 saturated carbocycles. The van der Waals surface area contributed by atoms with Gasteiger partial charge in [0.25, 0.3) is 6.30 Å². The first-order valence-electron chi connectivity index (χ1n) is 4.22. The van der Waals surface area contributed by atoms with Gasteiger partial charge in [0.1, 0.15) is 0 Å². The van der Waals surface area contributed by atoms with Crippen molar-refractivity contribution in [3.05, 3.63) is 35.5 Å². The first kappa shape index (κ1) is 9.98. The minimum Gasteiger partial charge on any atom is -0.478 e. The van der Waals surface area contributed by atoms with Gasteiger partial charge in [0.05, 0.1) is 5.52 Å². The topological polar surface area (TPSA) is 42.2 Å². The van der Waals surface area contributed by atoms with Crippen molar-refractivity contribution in [3.63, 3.8) is 0 Å². The Hall–Kier alpha value is -1.55. The van der Waals surface area contributed by atoms with Gasteiger partial charge in [-0.15, -0.1) is 0 Å². The fraction of sp³-hybridized carbons (Fsp3) is 0.100. The van der Waals surface area contributed by atoms with Crippen LogP contribution in [0.2, 0.25) is 5.02 Å². The maximum Gasteiger partial charge on any atom is 0.359 e. The molecule has 1 unspecified atom stereocenters.